The standard InChI is InChI=1S/C24H34N10/c1-9-11-19(32(8)10-2)15(3)34-20-12-21(31(6)7)26-13-17(20)28-23(34)18-14-33-16(4)29-30-24(33)22(25-5)27-18/h11-15H,9-10H2,1-8H3,(H,25,27)/p+1. The molecule has 2 N–H and O–H groups in total. The largest absolute Gasteiger partial charge is 0.377 e. The molecule has 0 saturated carbocycles. The number of hydrogen-bond donors (Lipinski definition) is 2. The minimum atomic E-state index is 0.0355. The van der Waals surface area contributed by atoms with E-state index in [1.165, 1.54) is 5.70 Å². The molecule has 4 rings (SSSR count). The molecule has 0 aliphatic rings. The van der Waals surface area contributed by atoms with E-state index in [1.807, 2.05) is 49.8 Å². The summed E-state index contributed by atoms with van der Waals surface area (Å²) in [6, 6.07) is 2.14. The average molecular weight is 464 g/mol. The lowest BCUT2D eigenvalue weighted by molar-refractivity contribution is -0.519. The van der Waals surface area contributed by atoms with Gasteiger partial charge in [0, 0.05) is 58.5 Å². The highest BCUT2D eigenvalue weighted by molar-refractivity contribution is 5.82. The molecule has 0 bridgehead atoms. The Labute approximate surface area is 200 Å². The highest BCUT2D eigenvalue weighted by Crippen LogP contribution is 2.33. The lowest BCUT2D eigenvalue weighted by Crippen LogP contribution is -2.26. The van der Waals surface area contributed by atoms with Gasteiger partial charge in [0.05, 0.1) is 17.8 Å². The Balaban J connectivity index is 2.03. The number of rotatable bonds is 8. The number of imidazole rings is 1. The van der Waals surface area contributed by atoms with E-state index >= 15 is 0 Å². The molecular formula is C24H35N10+. The van der Waals surface area contributed by atoms with Crippen LogP contribution < -0.4 is 14.6 Å². The Morgan fingerprint density at radius 3 is 2.68 bits per heavy atom. The van der Waals surface area contributed by atoms with Gasteiger partial charge in [-0.3, -0.25) is 0 Å². The number of anilines is 2. The maximum Gasteiger partial charge on any atom is 0.348 e. The Bertz CT molecular complexity index is 1350. The molecule has 1 atom stereocenters. The molecule has 4 aromatic rings. The summed E-state index contributed by atoms with van der Waals surface area (Å²) in [6.45, 7) is 9.47. The van der Waals surface area contributed by atoms with Gasteiger partial charge in [0.25, 0.3) is 0 Å². The number of H-pyrrole nitrogens is 1. The van der Waals surface area contributed by atoms with E-state index < -0.39 is 0 Å². The van der Waals surface area contributed by atoms with Crippen molar-refractivity contribution in [1.82, 2.24) is 34.6 Å². The number of aromatic amines is 1. The molecule has 0 amide bonds. The summed E-state index contributed by atoms with van der Waals surface area (Å²) in [6.07, 6.45) is 7.08. The van der Waals surface area contributed by atoms with Crippen LogP contribution in [0, 0.1) is 6.92 Å². The molecule has 0 aliphatic carbocycles. The van der Waals surface area contributed by atoms with Crippen LogP contribution in [0.1, 0.15) is 39.1 Å². The highest BCUT2D eigenvalue weighted by Gasteiger charge is 2.26. The second-order valence-electron chi connectivity index (χ2n) is 8.69. The summed E-state index contributed by atoms with van der Waals surface area (Å²) in [5.41, 5.74) is 4.61. The fraction of sp³-hybridized carbons (Fsp3) is 0.458. The van der Waals surface area contributed by atoms with Crippen molar-refractivity contribution in [3.8, 4) is 11.5 Å². The van der Waals surface area contributed by atoms with Gasteiger partial charge in [0.1, 0.15) is 23.2 Å². The molecule has 0 radical (unpaired) electrons. The Morgan fingerprint density at radius 1 is 1.26 bits per heavy atom. The molecule has 180 valence electrons. The summed E-state index contributed by atoms with van der Waals surface area (Å²) in [4.78, 5) is 18.8. The SMILES string of the molecule is CCC=C(C(C)n1c(-c2c[n+]3c(C)[nH]nc3c(NC)n2)nc2cnc(N(C)C)cc21)N(C)CC. The van der Waals surface area contributed by atoms with Gasteiger partial charge in [-0.2, -0.15) is 4.40 Å². The van der Waals surface area contributed by atoms with Gasteiger partial charge >= 0.3 is 5.65 Å². The van der Waals surface area contributed by atoms with Crippen LogP contribution in [0.5, 0.6) is 0 Å². The van der Waals surface area contributed by atoms with Crippen LogP contribution in [-0.4, -0.2) is 69.4 Å². The number of allylic oxidation sites excluding steroid dienone is 2. The van der Waals surface area contributed by atoms with Crippen molar-refractivity contribution in [2.45, 2.75) is 40.2 Å². The molecule has 0 aromatic carbocycles. The molecule has 10 heteroatoms. The molecule has 4 heterocycles. The number of aryl methyl sites for hydroxylation is 1. The van der Waals surface area contributed by atoms with Gasteiger partial charge < -0.3 is 19.7 Å². The second kappa shape index (κ2) is 9.28. The van der Waals surface area contributed by atoms with Crippen molar-refractivity contribution in [2.75, 3.05) is 45.0 Å². The molecule has 0 fully saturated rings. The van der Waals surface area contributed by atoms with Gasteiger partial charge in [0.2, 0.25) is 11.6 Å². The first kappa shape index (κ1) is 23.5. The van der Waals surface area contributed by atoms with Crippen LogP contribution in [0.3, 0.4) is 0 Å². The molecule has 34 heavy (non-hydrogen) atoms. The zero-order valence-electron chi connectivity index (χ0n) is 21.4. The molecule has 4 aromatic heterocycles. The summed E-state index contributed by atoms with van der Waals surface area (Å²) in [5.74, 6) is 3.28. The van der Waals surface area contributed by atoms with Crippen LogP contribution in [0.25, 0.3) is 28.2 Å². The lowest BCUT2D eigenvalue weighted by Gasteiger charge is -2.28. The van der Waals surface area contributed by atoms with Crippen molar-refractivity contribution < 1.29 is 4.40 Å². The molecule has 10 nitrogen and oxygen atoms in total. The normalized spacial score (nSPS) is 13.0. The van der Waals surface area contributed by atoms with Gasteiger partial charge in [0.15, 0.2) is 5.82 Å². The third-order valence-corrected chi connectivity index (χ3v) is 6.24. The Morgan fingerprint density at radius 2 is 2.03 bits per heavy atom. The Hall–Kier alpha value is -3.69. The first-order chi connectivity index (χ1) is 16.3. The van der Waals surface area contributed by atoms with Gasteiger partial charge in [-0.15, -0.1) is 5.10 Å². The highest BCUT2D eigenvalue weighted by atomic mass is 15.3. The van der Waals surface area contributed by atoms with E-state index in [1.54, 1.807) is 0 Å². The van der Waals surface area contributed by atoms with Crippen molar-refractivity contribution in [1.29, 1.82) is 0 Å². The smallest absolute Gasteiger partial charge is 0.348 e. The molecule has 0 saturated heterocycles. The lowest BCUT2D eigenvalue weighted by atomic mass is 10.1. The van der Waals surface area contributed by atoms with E-state index in [2.05, 4.69) is 69.9 Å². The summed E-state index contributed by atoms with van der Waals surface area (Å²) >= 11 is 0. The van der Waals surface area contributed by atoms with Crippen LogP contribution in [0.15, 0.2) is 30.2 Å². The molecular weight excluding hydrogens is 428 g/mol. The van der Waals surface area contributed by atoms with E-state index in [0.717, 1.165) is 52.8 Å². The number of pyridine rings is 1. The first-order valence-corrected chi connectivity index (χ1v) is 11.7. The number of nitrogens with zero attached hydrogens (tertiary/aromatic N) is 8. The first-order valence-electron chi connectivity index (χ1n) is 11.7. The van der Waals surface area contributed by atoms with Crippen molar-refractivity contribution in [3.05, 3.63) is 36.1 Å². The quantitative estimate of drug-likeness (QED) is 0.388. The summed E-state index contributed by atoms with van der Waals surface area (Å²) < 4.78 is 4.29. The van der Waals surface area contributed by atoms with Crippen LogP contribution >= 0.6 is 0 Å². The fourth-order valence-electron chi connectivity index (χ4n) is 4.30. The third kappa shape index (κ3) is 3.93. The maximum absolute atomic E-state index is 5.03. The van der Waals surface area contributed by atoms with Crippen LogP contribution in [0.4, 0.5) is 11.6 Å². The second-order valence-corrected chi connectivity index (χ2v) is 8.69. The maximum atomic E-state index is 5.03. The number of nitrogens with one attached hydrogen (secondary N) is 2. The summed E-state index contributed by atoms with van der Waals surface area (Å²) in [7, 11) is 7.99. The molecule has 0 aliphatic heterocycles. The number of hydrogen-bond acceptors (Lipinski definition) is 7. The van der Waals surface area contributed by atoms with Crippen molar-refractivity contribution in [2.24, 2.45) is 0 Å². The Kier molecular flexibility index (Phi) is 6.41. The zero-order valence-corrected chi connectivity index (χ0v) is 21.4. The van der Waals surface area contributed by atoms with E-state index in [0.29, 0.717) is 5.82 Å². The van der Waals surface area contributed by atoms with Gasteiger partial charge in [-0.05, 0) is 20.3 Å². The van der Waals surface area contributed by atoms with Crippen molar-refractivity contribution in [3.63, 3.8) is 0 Å². The van der Waals surface area contributed by atoms with E-state index in [-0.39, 0.29) is 6.04 Å². The predicted molar refractivity (Wildman–Crippen MR) is 136 cm³/mol. The molecule has 1 unspecified atom stereocenters. The minimum absolute atomic E-state index is 0.0355. The van der Waals surface area contributed by atoms with Crippen LogP contribution in [0.2, 0.25) is 0 Å². The van der Waals surface area contributed by atoms with Gasteiger partial charge in [-0.25, -0.2) is 15.0 Å². The fourth-order valence-corrected chi connectivity index (χ4v) is 4.30. The topological polar surface area (TPSA) is 94.9 Å². The van der Waals surface area contributed by atoms with Crippen molar-refractivity contribution >= 4 is 28.3 Å². The number of aromatic nitrogens is 7. The van der Waals surface area contributed by atoms with Crippen LogP contribution in [-0.2, 0) is 0 Å². The monoisotopic (exact) mass is 463 g/mol. The van der Waals surface area contributed by atoms with Gasteiger partial charge in [-0.1, -0.05) is 13.0 Å². The van der Waals surface area contributed by atoms with E-state index in [9.17, 15) is 0 Å². The molecule has 0 spiro atoms. The van der Waals surface area contributed by atoms with E-state index in [4.69, 9.17) is 9.97 Å². The number of likely N-dealkylation sites (N-methyl/N-ethyl adjacent to an activating group) is 1. The predicted octanol–water partition coefficient (Wildman–Crippen LogP) is 3.18. The average Bonchev–Trinajstić information content (AvgIpc) is 3.41. The zero-order chi connectivity index (χ0) is 24.6. The minimum Gasteiger partial charge on any atom is -0.377 e. The number of fused-ring (bicyclic) bond motifs is 2. The summed E-state index contributed by atoms with van der Waals surface area (Å²) in [5, 5.41) is 10.6. The third-order valence-electron chi connectivity index (χ3n) is 6.24.